The summed E-state index contributed by atoms with van der Waals surface area (Å²) in [7, 11) is 0. The third-order valence-corrected chi connectivity index (χ3v) is 4.93. The summed E-state index contributed by atoms with van der Waals surface area (Å²) < 4.78 is 15.3. The molecule has 0 amide bonds. The van der Waals surface area contributed by atoms with Crippen LogP contribution in [-0.4, -0.2) is 20.9 Å². The summed E-state index contributed by atoms with van der Waals surface area (Å²) >= 11 is 14.3. The molecule has 0 aliphatic heterocycles. The van der Waals surface area contributed by atoms with Crippen LogP contribution in [-0.2, 0) is 0 Å². The summed E-state index contributed by atoms with van der Waals surface area (Å²) in [6, 6.07) is 9.34. The van der Waals surface area contributed by atoms with Gasteiger partial charge in [-0.2, -0.15) is 0 Å². The van der Waals surface area contributed by atoms with Gasteiger partial charge in [0.1, 0.15) is 11.4 Å². The maximum absolute atomic E-state index is 13.4. The molecule has 138 valence electrons. The van der Waals surface area contributed by atoms with E-state index in [0.29, 0.717) is 11.4 Å². The van der Waals surface area contributed by atoms with Crippen molar-refractivity contribution in [1.29, 1.82) is 0 Å². The molecule has 0 saturated heterocycles. The van der Waals surface area contributed by atoms with Crippen LogP contribution in [0.15, 0.2) is 50.7 Å². The Bertz CT molecular complexity index is 1190. The van der Waals surface area contributed by atoms with Crippen molar-refractivity contribution in [2.24, 2.45) is 4.99 Å². The first-order chi connectivity index (χ1) is 12.8. The Morgan fingerprint density at radius 2 is 2.07 bits per heavy atom. The molecule has 3 aromatic rings. The van der Waals surface area contributed by atoms with Gasteiger partial charge in [0.25, 0.3) is 5.56 Å². The highest BCUT2D eigenvalue weighted by atomic mass is 79.9. The van der Waals surface area contributed by atoms with E-state index >= 15 is 0 Å². The van der Waals surface area contributed by atoms with Gasteiger partial charge < -0.3 is 5.11 Å². The molecule has 2 N–H and O–H groups in total. The number of aromatic nitrogens is 2. The Morgan fingerprint density at radius 3 is 2.74 bits per heavy atom. The number of halogens is 3. The lowest BCUT2D eigenvalue weighted by Gasteiger charge is -2.11. The second kappa shape index (κ2) is 7.75. The quantitative estimate of drug-likeness (QED) is 0.409. The van der Waals surface area contributed by atoms with Crippen LogP contribution in [0.25, 0.3) is 5.69 Å². The molecule has 1 aromatic heterocycles. The molecule has 2 aromatic carbocycles. The average molecular weight is 469 g/mol. The van der Waals surface area contributed by atoms with Gasteiger partial charge in [0.15, 0.2) is 4.77 Å². The van der Waals surface area contributed by atoms with Gasteiger partial charge in [-0.3, -0.25) is 19.3 Å². The molecular weight excluding hydrogens is 457 g/mol. The van der Waals surface area contributed by atoms with Crippen LogP contribution in [0, 0.1) is 17.5 Å². The van der Waals surface area contributed by atoms with Crippen LogP contribution in [0.5, 0.6) is 5.88 Å². The van der Waals surface area contributed by atoms with Gasteiger partial charge >= 0.3 is 0 Å². The van der Waals surface area contributed by atoms with Crippen molar-refractivity contribution in [1.82, 2.24) is 9.55 Å². The van der Waals surface area contributed by atoms with E-state index in [1.165, 1.54) is 22.9 Å². The first kappa shape index (κ1) is 19.5. The van der Waals surface area contributed by atoms with Crippen LogP contribution >= 0.6 is 39.7 Å². The van der Waals surface area contributed by atoms with Crippen molar-refractivity contribution in [3.63, 3.8) is 0 Å². The Kier molecular flexibility index (Phi) is 5.59. The molecule has 9 heteroatoms. The number of aliphatic imine (C=N–C) groups is 1. The zero-order chi connectivity index (χ0) is 19.7. The highest BCUT2D eigenvalue weighted by molar-refractivity contribution is 9.10. The smallest absolute Gasteiger partial charge is 0.264 e. The first-order valence-corrected chi connectivity index (χ1v) is 9.20. The van der Waals surface area contributed by atoms with Gasteiger partial charge in [-0.15, -0.1) is 0 Å². The summed E-state index contributed by atoms with van der Waals surface area (Å²) in [6.45, 7) is 1.94. The van der Waals surface area contributed by atoms with Crippen LogP contribution in [0.3, 0.4) is 0 Å². The van der Waals surface area contributed by atoms with Crippen molar-refractivity contribution in [3.05, 3.63) is 78.0 Å². The van der Waals surface area contributed by atoms with Crippen LogP contribution in [0.2, 0.25) is 5.02 Å². The predicted octanol–water partition coefficient (Wildman–Crippen LogP) is 5.21. The highest BCUT2D eigenvalue weighted by Crippen LogP contribution is 2.27. The minimum absolute atomic E-state index is 0.0613. The molecule has 0 aliphatic carbocycles. The summed E-state index contributed by atoms with van der Waals surface area (Å²) in [5, 5.41) is 10.5. The summed E-state index contributed by atoms with van der Waals surface area (Å²) in [6.07, 6.45) is 1.24. The Labute approximate surface area is 171 Å². The van der Waals surface area contributed by atoms with E-state index in [0.717, 1.165) is 16.1 Å². The van der Waals surface area contributed by atoms with E-state index in [2.05, 4.69) is 25.9 Å². The molecule has 0 bridgehead atoms. The fourth-order valence-electron chi connectivity index (χ4n) is 2.37. The van der Waals surface area contributed by atoms with Gasteiger partial charge in [-0.1, -0.05) is 17.7 Å². The summed E-state index contributed by atoms with van der Waals surface area (Å²) in [5.74, 6) is -1.04. The van der Waals surface area contributed by atoms with E-state index < -0.39 is 17.3 Å². The van der Waals surface area contributed by atoms with Gasteiger partial charge in [-0.05, 0) is 71.0 Å². The minimum atomic E-state index is -0.609. The lowest BCUT2D eigenvalue weighted by atomic mass is 10.2. The average Bonchev–Trinajstić information content (AvgIpc) is 2.59. The Hall–Kier alpha value is -2.29. The number of rotatable bonds is 3. The van der Waals surface area contributed by atoms with E-state index in [1.54, 1.807) is 6.07 Å². The fraction of sp³-hybridized carbons (Fsp3) is 0.0556. The normalized spacial score (nSPS) is 11.3. The molecule has 3 rings (SSSR count). The maximum atomic E-state index is 13.4. The SMILES string of the molecule is Cc1ccc(N=Cc2c(O)n(-c3ccc(F)c(Cl)c3)c(=S)[nH]c2=O)c(Br)c1. The zero-order valence-electron chi connectivity index (χ0n) is 13.8. The minimum Gasteiger partial charge on any atom is -0.494 e. The lowest BCUT2D eigenvalue weighted by molar-refractivity contribution is 0.432. The number of aromatic amines is 1. The molecule has 0 aliphatic rings. The number of nitrogens with zero attached hydrogens (tertiary/aromatic N) is 2. The van der Waals surface area contributed by atoms with Gasteiger partial charge in [-0.25, -0.2) is 4.39 Å². The predicted molar refractivity (Wildman–Crippen MR) is 110 cm³/mol. The van der Waals surface area contributed by atoms with Crippen LogP contribution in [0.1, 0.15) is 11.1 Å². The molecule has 0 saturated carbocycles. The largest absolute Gasteiger partial charge is 0.494 e. The molecule has 1 heterocycles. The standard InChI is InChI=1S/C18H12BrClFN3O2S/c1-9-2-5-15(12(19)6-9)22-8-11-16(25)23-18(27)24(17(11)26)10-3-4-14(21)13(20)7-10/h2-8,26H,1H3,(H,23,25,27). The molecule has 0 unspecified atom stereocenters. The van der Waals surface area contributed by atoms with E-state index in [-0.39, 0.29) is 15.4 Å². The molecular formula is C18H12BrClFN3O2S. The Balaban J connectivity index is 2.14. The topological polar surface area (TPSA) is 70.4 Å². The van der Waals surface area contributed by atoms with Crippen LogP contribution in [0.4, 0.5) is 10.1 Å². The number of nitrogens with one attached hydrogen (secondary N) is 1. The number of benzene rings is 2. The second-order valence-corrected chi connectivity index (χ2v) is 7.29. The van der Waals surface area contributed by atoms with Gasteiger partial charge in [0.2, 0.25) is 5.88 Å². The second-order valence-electron chi connectivity index (χ2n) is 5.64. The lowest BCUT2D eigenvalue weighted by Crippen LogP contribution is -2.18. The number of aryl methyl sites for hydroxylation is 1. The van der Waals surface area contributed by atoms with Crippen molar-refractivity contribution < 1.29 is 9.50 Å². The van der Waals surface area contributed by atoms with E-state index in [4.69, 9.17) is 23.8 Å². The first-order valence-electron chi connectivity index (χ1n) is 7.62. The molecule has 5 nitrogen and oxygen atoms in total. The number of aromatic hydroxyl groups is 1. The summed E-state index contributed by atoms with van der Waals surface area (Å²) in [4.78, 5) is 19.0. The molecule has 0 spiro atoms. The number of hydrogen-bond donors (Lipinski definition) is 2. The molecule has 0 fully saturated rings. The highest BCUT2D eigenvalue weighted by Gasteiger charge is 2.14. The molecule has 27 heavy (non-hydrogen) atoms. The van der Waals surface area contributed by atoms with Crippen molar-refractivity contribution in [3.8, 4) is 11.6 Å². The van der Waals surface area contributed by atoms with E-state index in [1.807, 2.05) is 19.1 Å². The third-order valence-electron chi connectivity index (χ3n) is 3.72. The number of H-pyrrole nitrogens is 1. The van der Waals surface area contributed by atoms with Crippen LogP contribution < -0.4 is 5.56 Å². The van der Waals surface area contributed by atoms with Crippen molar-refractivity contribution in [2.75, 3.05) is 0 Å². The van der Waals surface area contributed by atoms with E-state index in [9.17, 15) is 14.3 Å². The fourth-order valence-corrected chi connectivity index (χ4v) is 3.42. The van der Waals surface area contributed by atoms with Gasteiger partial charge in [0.05, 0.1) is 16.4 Å². The molecule has 0 atom stereocenters. The Morgan fingerprint density at radius 1 is 1.33 bits per heavy atom. The van der Waals surface area contributed by atoms with Crippen molar-refractivity contribution in [2.45, 2.75) is 6.92 Å². The molecule has 0 radical (unpaired) electrons. The number of hydrogen-bond acceptors (Lipinski definition) is 4. The maximum Gasteiger partial charge on any atom is 0.264 e. The summed E-state index contributed by atoms with van der Waals surface area (Å²) in [5.41, 5.74) is 1.22. The van der Waals surface area contributed by atoms with Gasteiger partial charge in [0, 0.05) is 10.7 Å². The zero-order valence-corrected chi connectivity index (χ0v) is 17.0. The third kappa shape index (κ3) is 4.02. The monoisotopic (exact) mass is 467 g/mol. The van der Waals surface area contributed by atoms with Crippen molar-refractivity contribution >= 4 is 51.7 Å².